The van der Waals surface area contributed by atoms with Gasteiger partial charge in [0.25, 0.3) is 0 Å². The van der Waals surface area contributed by atoms with E-state index in [9.17, 15) is 0 Å². The molecule has 0 radical (unpaired) electrons. The highest BCUT2D eigenvalue weighted by Crippen LogP contribution is 2.04. The number of hydrogen-bond acceptors (Lipinski definition) is 4. The molecule has 0 atom stereocenters. The van der Waals surface area contributed by atoms with E-state index >= 15 is 0 Å². The van der Waals surface area contributed by atoms with E-state index in [4.69, 9.17) is 4.74 Å². The molecule has 1 aromatic rings. The lowest BCUT2D eigenvalue weighted by molar-refractivity contribution is 0.322. The van der Waals surface area contributed by atoms with E-state index in [0.29, 0.717) is 18.5 Å². The summed E-state index contributed by atoms with van der Waals surface area (Å²) in [6.45, 7) is 7.50. The molecule has 0 unspecified atom stereocenters. The average Bonchev–Trinajstić information content (AvgIpc) is 2.17. The van der Waals surface area contributed by atoms with E-state index in [1.165, 1.54) is 0 Å². The molecule has 0 fully saturated rings. The van der Waals surface area contributed by atoms with Crippen LogP contribution in [0, 0.1) is 0 Å². The molecule has 0 saturated heterocycles. The van der Waals surface area contributed by atoms with Gasteiger partial charge in [-0.1, -0.05) is 13.8 Å². The summed E-state index contributed by atoms with van der Waals surface area (Å²) in [5.74, 6) is 0.584. The first kappa shape index (κ1) is 10.9. The summed E-state index contributed by atoms with van der Waals surface area (Å²) in [4.78, 5) is 0. The summed E-state index contributed by atoms with van der Waals surface area (Å²) in [7, 11) is 0. The second kappa shape index (κ2) is 5.54. The van der Waals surface area contributed by atoms with Gasteiger partial charge in [-0.05, 0) is 13.0 Å². The molecule has 0 aliphatic carbocycles. The van der Waals surface area contributed by atoms with Gasteiger partial charge in [-0.25, -0.2) is 0 Å². The molecule has 1 heterocycles. The fourth-order valence-electron chi connectivity index (χ4n) is 0.975. The first-order valence-electron chi connectivity index (χ1n) is 4.91. The molecule has 0 aliphatic rings. The van der Waals surface area contributed by atoms with E-state index in [-0.39, 0.29) is 0 Å². The second-order valence-electron chi connectivity index (χ2n) is 3.33. The highest BCUT2D eigenvalue weighted by molar-refractivity contribution is 5.11. The third-order valence-corrected chi connectivity index (χ3v) is 1.68. The first-order valence-corrected chi connectivity index (χ1v) is 4.91. The summed E-state index contributed by atoms with van der Waals surface area (Å²) in [6, 6.07) is 4.23. The van der Waals surface area contributed by atoms with Gasteiger partial charge in [0.2, 0.25) is 5.88 Å². The third kappa shape index (κ3) is 3.70. The smallest absolute Gasteiger partial charge is 0.233 e. The predicted octanol–water partition coefficient (Wildman–Crippen LogP) is 1.37. The number of ether oxygens (including phenoxy) is 1. The minimum Gasteiger partial charge on any atom is -0.477 e. The van der Waals surface area contributed by atoms with Gasteiger partial charge in [0.05, 0.1) is 12.3 Å². The number of rotatable bonds is 5. The van der Waals surface area contributed by atoms with Crippen LogP contribution in [0.25, 0.3) is 0 Å². The van der Waals surface area contributed by atoms with Crippen LogP contribution in [0.3, 0.4) is 0 Å². The van der Waals surface area contributed by atoms with Crippen molar-refractivity contribution in [3.05, 3.63) is 17.8 Å². The predicted molar refractivity (Wildman–Crippen MR) is 55.2 cm³/mol. The number of nitrogens with one attached hydrogen (secondary N) is 1. The molecule has 4 nitrogen and oxygen atoms in total. The normalized spacial score (nSPS) is 10.6. The highest BCUT2D eigenvalue weighted by Gasteiger charge is 1.98. The van der Waals surface area contributed by atoms with Crippen LogP contribution in [-0.4, -0.2) is 22.8 Å². The number of hydrogen-bond donors (Lipinski definition) is 1. The van der Waals surface area contributed by atoms with Crippen molar-refractivity contribution in [2.75, 3.05) is 6.61 Å². The summed E-state index contributed by atoms with van der Waals surface area (Å²) in [6.07, 6.45) is 0. The maximum absolute atomic E-state index is 5.19. The SMILES string of the molecule is CCOc1ccc(CNC(C)C)nn1. The molecule has 78 valence electrons. The molecule has 0 aromatic carbocycles. The first-order chi connectivity index (χ1) is 6.72. The molecule has 0 bridgehead atoms. The van der Waals surface area contributed by atoms with Crippen LogP contribution in [0.5, 0.6) is 5.88 Å². The Morgan fingerprint density at radius 2 is 2.14 bits per heavy atom. The Labute approximate surface area is 84.7 Å². The molecule has 0 saturated carbocycles. The Morgan fingerprint density at radius 1 is 1.36 bits per heavy atom. The van der Waals surface area contributed by atoms with Crippen molar-refractivity contribution < 1.29 is 4.74 Å². The van der Waals surface area contributed by atoms with E-state index < -0.39 is 0 Å². The van der Waals surface area contributed by atoms with Crippen LogP contribution in [0.15, 0.2) is 12.1 Å². The van der Waals surface area contributed by atoms with Gasteiger partial charge in [0, 0.05) is 18.7 Å². The summed E-state index contributed by atoms with van der Waals surface area (Å²) >= 11 is 0. The molecule has 0 aliphatic heterocycles. The summed E-state index contributed by atoms with van der Waals surface area (Å²) in [5.41, 5.74) is 0.933. The van der Waals surface area contributed by atoms with Crippen LogP contribution in [-0.2, 0) is 6.54 Å². The molecule has 1 aromatic heterocycles. The Bertz CT molecular complexity index is 259. The van der Waals surface area contributed by atoms with Crippen molar-refractivity contribution >= 4 is 0 Å². The zero-order chi connectivity index (χ0) is 10.4. The van der Waals surface area contributed by atoms with Crippen LogP contribution in [0.2, 0.25) is 0 Å². The summed E-state index contributed by atoms with van der Waals surface area (Å²) < 4.78 is 5.19. The van der Waals surface area contributed by atoms with Gasteiger partial charge in [0.1, 0.15) is 0 Å². The van der Waals surface area contributed by atoms with E-state index in [1.54, 1.807) is 0 Å². The van der Waals surface area contributed by atoms with Crippen LogP contribution >= 0.6 is 0 Å². The Kier molecular flexibility index (Phi) is 4.32. The summed E-state index contributed by atoms with van der Waals surface area (Å²) in [5, 5.41) is 11.2. The molecule has 1 rings (SSSR count). The number of aromatic nitrogens is 2. The third-order valence-electron chi connectivity index (χ3n) is 1.68. The quantitative estimate of drug-likeness (QED) is 0.771. The van der Waals surface area contributed by atoms with Crippen molar-refractivity contribution in [2.24, 2.45) is 0 Å². The van der Waals surface area contributed by atoms with Gasteiger partial charge in [-0.2, -0.15) is 5.10 Å². The van der Waals surface area contributed by atoms with Crippen molar-refractivity contribution in [1.29, 1.82) is 0 Å². The lowest BCUT2D eigenvalue weighted by Gasteiger charge is -2.07. The Balaban J connectivity index is 2.46. The van der Waals surface area contributed by atoms with Gasteiger partial charge < -0.3 is 10.1 Å². The molecule has 0 spiro atoms. The van der Waals surface area contributed by atoms with Crippen LogP contribution in [0.1, 0.15) is 26.5 Å². The minimum atomic E-state index is 0.461. The molecular weight excluding hydrogens is 178 g/mol. The zero-order valence-corrected chi connectivity index (χ0v) is 8.95. The largest absolute Gasteiger partial charge is 0.477 e. The molecule has 4 heteroatoms. The van der Waals surface area contributed by atoms with Gasteiger partial charge in [-0.3, -0.25) is 0 Å². The zero-order valence-electron chi connectivity index (χ0n) is 8.95. The Morgan fingerprint density at radius 3 is 2.64 bits per heavy atom. The average molecular weight is 195 g/mol. The topological polar surface area (TPSA) is 47.0 Å². The molecular formula is C10H17N3O. The minimum absolute atomic E-state index is 0.461. The van der Waals surface area contributed by atoms with Crippen molar-refractivity contribution in [3.8, 4) is 5.88 Å². The second-order valence-corrected chi connectivity index (χ2v) is 3.33. The van der Waals surface area contributed by atoms with E-state index in [0.717, 1.165) is 12.2 Å². The Hall–Kier alpha value is -1.16. The standard InChI is InChI=1S/C10H17N3O/c1-4-14-10-6-5-9(12-13-10)7-11-8(2)3/h5-6,8,11H,4,7H2,1-3H3. The lowest BCUT2D eigenvalue weighted by atomic mass is 10.3. The van der Waals surface area contributed by atoms with Crippen molar-refractivity contribution in [3.63, 3.8) is 0 Å². The molecule has 14 heavy (non-hydrogen) atoms. The van der Waals surface area contributed by atoms with E-state index in [2.05, 4.69) is 29.4 Å². The van der Waals surface area contributed by atoms with E-state index in [1.807, 2.05) is 19.1 Å². The molecule has 0 amide bonds. The van der Waals surface area contributed by atoms with Gasteiger partial charge in [0.15, 0.2) is 0 Å². The maximum Gasteiger partial charge on any atom is 0.233 e. The monoisotopic (exact) mass is 195 g/mol. The van der Waals surface area contributed by atoms with Gasteiger partial charge >= 0.3 is 0 Å². The fraction of sp³-hybridized carbons (Fsp3) is 0.600. The highest BCUT2D eigenvalue weighted by atomic mass is 16.5. The van der Waals surface area contributed by atoms with Crippen molar-refractivity contribution in [2.45, 2.75) is 33.4 Å². The molecule has 1 N–H and O–H groups in total. The van der Waals surface area contributed by atoms with Crippen LogP contribution < -0.4 is 10.1 Å². The lowest BCUT2D eigenvalue weighted by Crippen LogP contribution is -2.22. The maximum atomic E-state index is 5.19. The van der Waals surface area contributed by atoms with Crippen molar-refractivity contribution in [1.82, 2.24) is 15.5 Å². The fourth-order valence-corrected chi connectivity index (χ4v) is 0.975. The van der Waals surface area contributed by atoms with Gasteiger partial charge in [-0.15, -0.1) is 5.10 Å². The van der Waals surface area contributed by atoms with Crippen LogP contribution in [0.4, 0.5) is 0 Å². The number of nitrogens with zero attached hydrogens (tertiary/aromatic N) is 2.